The number of alkyl halides is 3. The maximum absolute atomic E-state index is 13.1. The van der Waals surface area contributed by atoms with Crippen LogP contribution in [-0.4, -0.2) is 41.2 Å². The number of rotatable bonds is 8. The number of halogens is 3. The number of pyridine rings is 1. The van der Waals surface area contributed by atoms with E-state index < -0.39 is 21.7 Å². The standard InChI is InChI=1S/C21H23F3N6O2S/c1-13(2)11-25-19-28-18(16-8-5-9-17(27-16)21(22,23)24)29-20(30-19)26-15-7-4-6-14(10-15)12-33(3,31)32/h4-10,13H,11-12H2,1-3H3,(H2,25,26,28,29,30). The van der Waals surface area contributed by atoms with Gasteiger partial charge in [0, 0.05) is 18.5 Å². The van der Waals surface area contributed by atoms with Crippen molar-refractivity contribution in [3.63, 3.8) is 0 Å². The third-order valence-corrected chi connectivity index (χ3v) is 5.04. The first kappa shape index (κ1) is 24.4. The van der Waals surface area contributed by atoms with E-state index in [0.29, 0.717) is 17.8 Å². The molecule has 0 aliphatic rings. The molecule has 33 heavy (non-hydrogen) atoms. The van der Waals surface area contributed by atoms with Crippen LogP contribution in [0.3, 0.4) is 0 Å². The molecule has 0 bridgehead atoms. The van der Waals surface area contributed by atoms with Gasteiger partial charge in [-0.15, -0.1) is 0 Å². The molecule has 2 heterocycles. The van der Waals surface area contributed by atoms with Crippen molar-refractivity contribution < 1.29 is 21.6 Å². The lowest BCUT2D eigenvalue weighted by molar-refractivity contribution is -0.141. The molecular weight excluding hydrogens is 457 g/mol. The molecule has 12 heteroatoms. The molecule has 8 nitrogen and oxygen atoms in total. The van der Waals surface area contributed by atoms with Crippen LogP contribution in [0.1, 0.15) is 25.1 Å². The van der Waals surface area contributed by atoms with E-state index in [1.54, 1.807) is 24.3 Å². The average molecular weight is 481 g/mol. The van der Waals surface area contributed by atoms with E-state index in [4.69, 9.17) is 0 Å². The third kappa shape index (κ3) is 7.38. The molecule has 0 unspecified atom stereocenters. The van der Waals surface area contributed by atoms with Gasteiger partial charge in [-0.05, 0) is 35.7 Å². The van der Waals surface area contributed by atoms with Crippen molar-refractivity contribution in [3.8, 4) is 11.5 Å². The van der Waals surface area contributed by atoms with Crippen LogP contribution in [0.15, 0.2) is 42.5 Å². The molecule has 0 atom stereocenters. The number of hydrogen-bond donors (Lipinski definition) is 2. The Balaban J connectivity index is 1.98. The summed E-state index contributed by atoms with van der Waals surface area (Å²) in [6, 6.07) is 10.2. The summed E-state index contributed by atoms with van der Waals surface area (Å²) in [7, 11) is -3.23. The number of nitrogens with one attached hydrogen (secondary N) is 2. The molecular formula is C21H23F3N6O2S. The highest BCUT2D eigenvalue weighted by Crippen LogP contribution is 2.29. The molecule has 0 amide bonds. The Hall–Kier alpha value is -3.28. The van der Waals surface area contributed by atoms with E-state index in [-0.39, 0.29) is 35.1 Å². The molecule has 0 saturated heterocycles. The molecule has 0 saturated carbocycles. The van der Waals surface area contributed by atoms with Crippen LogP contribution >= 0.6 is 0 Å². The van der Waals surface area contributed by atoms with Crippen LogP contribution in [0.5, 0.6) is 0 Å². The van der Waals surface area contributed by atoms with Gasteiger partial charge in [0.25, 0.3) is 0 Å². The first-order valence-corrected chi connectivity index (χ1v) is 12.0. The van der Waals surface area contributed by atoms with Crippen molar-refractivity contribution in [3.05, 3.63) is 53.7 Å². The number of benzene rings is 1. The lowest BCUT2D eigenvalue weighted by Gasteiger charge is -2.12. The third-order valence-electron chi connectivity index (χ3n) is 4.18. The van der Waals surface area contributed by atoms with E-state index in [0.717, 1.165) is 12.3 Å². The summed E-state index contributed by atoms with van der Waals surface area (Å²) < 4.78 is 62.5. The van der Waals surface area contributed by atoms with Gasteiger partial charge in [0.05, 0.1) is 5.75 Å². The van der Waals surface area contributed by atoms with Crippen LogP contribution in [0, 0.1) is 5.92 Å². The minimum atomic E-state index is -4.61. The Bertz CT molecular complexity index is 1230. The van der Waals surface area contributed by atoms with Crippen molar-refractivity contribution in [2.24, 2.45) is 5.92 Å². The summed E-state index contributed by atoms with van der Waals surface area (Å²) >= 11 is 0. The average Bonchev–Trinajstić information content (AvgIpc) is 2.70. The van der Waals surface area contributed by atoms with Gasteiger partial charge in [0.1, 0.15) is 11.4 Å². The number of aromatic nitrogens is 4. The van der Waals surface area contributed by atoms with Crippen LogP contribution in [0.25, 0.3) is 11.5 Å². The molecule has 3 rings (SSSR count). The Kier molecular flexibility index (Phi) is 7.15. The normalized spacial score (nSPS) is 12.1. The highest BCUT2D eigenvalue weighted by molar-refractivity contribution is 7.89. The maximum Gasteiger partial charge on any atom is 0.433 e. The second kappa shape index (κ2) is 9.69. The molecule has 0 aliphatic heterocycles. The van der Waals surface area contributed by atoms with Gasteiger partial charge in [-0.2, -0.15) is 28.1 Å². The smallest absolute Gasteiger partial charge is 0.354 e. The lowest BCUT2D eigenvalue weighted by atomic mass is 10.2. The van der Waals surface area contributed by atoms with Gasteiger partial charge >= 0.3 is 6.18 Å². The van der Waals surface area contributed by atoms with E-state index >= 15 is 0 Å². The van der Waals surface area contributed by atoms with Crippen molar-refractivity contribution in [1.29, 1.82) is 0 Å². The fraction of sp³-hybridized carbons (Fsp3) is 0.333. The topological polar surface area (TPSA) is 110 Å². The zero-order valence-corrected chi connectivity index (χ0v) is 19.0. The number of nitrogens with zero attached hydrogens (tertiary/aromatic N) is 4. The first-order valence-electron chi connectivity index (χ1n) is 9.97. The SMILES string of the molecule is CC(C)CNc1nc(Nc2cccc(CS(C)(=O)=O)c2)nc(-c2cccc(C(F)(F)F)n2)n1. The van der Waals surface area contributed by atoms with Gasteiger partial charge in [-0.3, -0.25) is 0 Å². The molecule has 0 fully saturated rings. The number of anilines is 3. The summed E-state index contributed by atoms with van der Waals surface area (Å²) in [5.74, 6) is 0.322. The molecule has 0 aliphatic carbocycles. The van der Waals surface area contributed by atoms with Crippen LogP contribution in [0.2, 0.25) is 0 Å². The van der Waals surface area contributed by atoms with Crippen molar-refractivity contribution in [1.82, 2.24) is 19.9 Å². The molecule has 1 aromatic carbocycles. The lowest BCUT2D eigenvalue weighted by Crippen LogP contribution is -2.13. The first-order chi connectivity index (χ1) is 15.4. The Morgan fingerprint density at radius 1 is 0.970 bits per heavy atom. The Morgan fingerprint density at radius 2 is 1.67 bits per heavy atom. The number of hydrogen-bond acceptors (Lipinski definition) is 8. The monoisotopic (exact) mass is 480 g/mol. The maximum atomic E-state index is 13.1. The van der Waals surface area contributed by atoms with E-state index in [2.05, 4.69) is 30.6 Å². The molecule has 0 radical (unpaired) electrons. The summed E-state index contributed by atoms with van der Waals surface area (Å²) in [5.41, 5.74) is -0.0385. The number of sulfone groups is 1. The van der Waals surface area contributed by atoms with Crippen molar-refractivity contribution in [2.45, 2.75) is 25.8 Å². The van der Waals surface area contributed by atoms with Crippen LogP contribution in [0.4, 0.5) is 30.8 Å². The Morgan fingerprint density at radius 3 is 2.33 bits per heavy atom. The minimum Gasteiger partial charge on any atom is -0.354 e. The largest absolute Gasteiger partial charge is 0.433 e. The predicted molar refractivity (Wildman–Crippen MR) is 120 cm³/mol. The zero-order valence-electron chi connectivity index (χ0n) is 18.2. The molecule has 2 aromatic heterocycles. The van der Waals surface area contributed by atoms with Gasteiger partial charge in [-0.25, -0.2) is 13.4 Å². The summed E-state index contributed by atoms with van der Waals surface area (Å²) in [4.78, 5) is 16.4. The van der Waals surface area contributed by atoms with Crippen LogP contribution in [-0.2, 0) is 21.8 Å². The minimum absolute atomic E-state index is 0.0443. The second-order valence-corrected chi connectivity index (χ2v) is 10.0. The highest BCUT2D eigenvalue weighted by Gasteiger charge is 2.32. The molecule has 2 N–H and O–H groups in total. The van der Waals surface area contributed by atoms with E-state index in [1.807, 2.05) is 13.8 Å². The summed E-state index contributed by atoms with van der Waals surface area (Å²) in [5, 5.41) is 6.00. The van der Waals surface area contributed by atoms with Crippen LogP contribution < -0.4 is 10.6 Å². The summed E-state index contributed by atoms with van der Waals surface area (Å²) in [6.07, 6.45) is -3.47. The fourth-order valence-electron chi connectivity index (χ4n) is 2.81. The van der Waals surface area contributed by atoms with Gasteiger partial charge in [-0.1, -0.05) is 32.0 Å². The molecule has 0 spiro atoms. The molecule has 3 aromatic rings. The highest BCUT2D eigenvalue weighted by atomic mass is 32.2. The molecule has 176 valence electrons. The van der Waals surface area contributed by atoms with Crippen molar-refractivity contribution in [2.75, 3.05) is 23.4 Å². The van der Waals surface area contributed by atoms with E-state index in [9.17, 15) is 21.6 Å². The fourth-order valence-corrected chi connectivity index (χ4v) is 3.59. The predicted octanol–water partition coefficient (Wildman–Crippen LogP) is 4.31. The second-order valence-electron chi connectivity index (χ2n) is 7.88. The van der Waals surface area contributed by atoms with Gasteiger partial charge in [0.15, 0.2) is 15.7 Å². The Labute approximate surface area is 189 Å². The quantitative estimate of drug-likeness (QED) is 0.491. The zero-order chi connectivity index (χ0) is 24.2. The van der Waals surface area contributed by atoms with E-state index in [1.165, 1.54) is 12.1 Å². The van der Waals surface area contributed by atoms with Gasteiger partial charge < -0.3 is 10.6 Å². The van der Waals surface area contributed by atoms with Crippen molar-refractivity contribution >= 4 is 27.4 Å². The van der Waals surface area contributed by atoms with Gasteiger partial charge in [0.2, 0.25) is 11.9 Å². The summed E-state index contributed by atoms with van der Waals surface area (Å²) in [6.45, 7) is 4.49.